The summed E-state index contributed by atoms with van der Waals surface area (Å²) in [6, 6.07) is 0. The van der Waals surface area contributed by atoms with Gasteiger partial charge in [-0.2, -0.15) is 0 Å². The number of nitrogens with two attached hydrogens (primary N) is 1. The third kappa shape index (κ3) is 1.85. The van der Waals surface area contributed by atoms with E-state index in [2.05, 4.69) is 4.98 Å². The van der Waals surface area contributed by atoms with Gasteiger partial charge in [0.2, 0.25) is 0 Å². The van der Waals surface area contributed by atoms with Crippen molar-refractivity contribution in [3.8, 4) is 5.75 Å². The van der Waals surface area contributed by atoms with Gasteiger partial charge >= 0.3 is 5.69 Å². The maximum absolute atomic E-state index is 10.5. The van der Waals surface area contributed by atoms with E-state index in [0.29, 0.717) is 6.61 Å². The molecule has 0 radical (unpaired) electrons. The Hall–Kier alpha value is -1.56. The number of aromatic nitrogens is 1. The minimum absolute atomic E-state index is 0.0439. The Balaban J connectivity index is 3.26. The Morgan fingerprint density at radius 1 is 1.79 bits per heavy atom. The lowest BCUT2D eigenvalue weighted by Gasteiger charge is -2.07. The molecule has 0 aliphatic carbocycles. The first kappa shape index (κ1) is 10.5. The molecule has 1 rings (SSSR count). The van der Waals surface area contributed by atoms with Crippen molar-refractivity contribution >= 4 is 23.1 Å². The van der Waals surface area contributed by atoms with Gasteiger partial charge in [0.05, 0.1) is 11.5 Å². The third-order valence-electron chi connectivity index (χ3n) is 1.47. The van der Waals surface area contributed by atoms with Gasteiger partial charge in [-0.3, -0.25) is 10.1 Å². The summed E-state index contributed by atoms with van der Waals surface area (Å²) in [7, 11) is 0. The minimum atomic E-state index is -0.642. The van der Waals surface area contributed by atoms with Crippen LogP contribution in [-0.2, 0) is 0 Å². The average molecular weight is 218 g/mol. The molecule has 0 fully saturated rings. The van der Waals surface area contributed by atoms with Gasteiger partial charge in [0.25, 0.3) is 0 Å². The molecule has 14 heavy (non-hydrogen) atoms. The van der Waals surface area contributed by atoms with Gasteiger partial charge in [0, 0.05) is 0 Å². The molecule has 0 amide bonds. The number of hydrogen-bond acceptors (Lipinski definition) is 5. The molecule has 2 N–H and O–H groups in total. The van der Waals surface area contributed by atoms with E-state index in [4.69, 9.17) is 22.1 Å². The van der Waals surface area contributed by atoms with Gasteiger partial charge < -0.3 is 10.5 Å². The van der Waals surface area contributed by atoms with Crippen molar-refractivity contribution in [2.24, 2.45) is 0 Å². The zero-order valence-corrected chi connectivity index (χ0v) is 8.11. The highest BCUT2D eigenvalue weighted by molar-refractivity contribution is 6.34. The van der Waals surface area contributed by atoms with E-state index in [1.165, 1.54) is 0 Å². The molecule has 0 aliphatic heterocycles. The lowest BCUT2D eigenvalue weighted by molar-refractivity contribution is -0.385. The summed E-state index contributed by atoms with van der Waals surface area (Å²) in [6.45, 7) is 2.03. The number of ether oxygens (including phenoxy) is 1. The Morgan fingerprint density at radius 3 is 2.93 bits per heavy atom. The third-order valence-corrected chi connectivity index (χ3v) is 1.83. The van der Waals surface area contributed by atoms with Gasteiger partial charge in [0.15, 0.2) is 16.6 Å². The van der Waals surface area contributed by atoms with Crippen molar-refractivity contribution in [3.05, 3.63) is 21.3 Å². The Kier molecular flexibility index (Phi) is 3.08. The Labute approximate surface area is 84.8 Å². The molecular formula is C7H8ClN3O3. The molecule has 0 saturated heterocycles. The average Bonchev–Trinajstić information content (AvgIpc) is 2.11. The first-order valence-electron chi connectivity index (χ1n) is 3.79. The fraction of sp³-hybridized carbons (Fsp3) is 0.286. The van der Waals surface area contributed by atoms with Gasteiger partial charge in [-0.25, -0.2) is 4.98 Å². The standard InChI is InChI=1S/C7H8ClN3O3/c1-2-14-6-5(8)4(11(12)13)3-10-7(6)9/h3H,2H2,1H3,(H2,9,10). The second kappa shape index (κ2) is 4.10. The van der Waals surface area contributed by atoms with Crippen LogP contribution in [0.4, 0.5) is 11.5 Å². The van der Waals surface area contributed by atoms with Crippen LogP contribution in [0, 0.1) is 10.1 Å². The number of rotatable bonds is 3. The van der Waals surface area contributed by atoms with Crippen LogP contribution in [0.5, 0.6) is 5.75 Å². The van der Waals surface area contributed by atoms with Crippen molar-refractivity contribution in [1.29, 1.82) is 0 Å². The van der Waals surface area contributed by atoms with E-state index in [1.54, 1.807) is 6.92 Å². The van der Waals surface area contributed by atoms with Crippen LogP contribution in [0.2, 0.25) is 5.02 Å². The fourth-order valence-electron chi connectivity index (χ4n) is 0.884. The van der Waals surface area contributed by atoms with Crippen LogP contribution in [-0.4, -0.2) is 16.5 Å². The molecular weight excluding hydrogens is 210 g/mol. The maximum Gasteiger partial charge on any atom is 0.309 e. The predicted molar refractivity (Wildman–Crippen MR) is 51.5 cm³/mol. The zero-order valence-electron chi connectivity index (χ0n) is 7.36. The van der Waals surface area contributed by atoms with Crippen molar-refractivity contribution in [3.63, 3.8) is 0 Å². The number of hydrogen-bond donors (Lipinski definition) is 1. The normalized spacial score (nSPS) is 9.86. The lowest BCUT2D eigenvalue weighted by atomic mass is 10.4. The molecule has 0 aliphatic rings. The molecule has 0 aromatic carbocycles. The summed E-state index contributed by atoms with van der Waals surface area (Å²) in [5, 5.41) is 10.4. The summed E-state index contributed by atoms with van der Waals surface area (Å²) in [5.74, 6) is 0.103. The molecule has 1 heterocycles. The molecule has 7 heteroatoms. The first-order chi connectivity index (χ1) is 6.57. The molecule has 0 bridgehead atoms. The number of pyridine rings is 1. The lowest BCUT2D eigenvalue weighted by Crippen LogP contribution is -2.02. The van der Waals surface area contributed by atoms with Crippen LogP contribution in [0.25, 0.3) is 0 Å². The SMILES string of the molecule is CCOc1c(N)ncc([N+](=O)[O-])c1Cl. The number of nitrogens with zero attached hydrogens (tertiary/aromatic N) is 2. The molecule has 0 spiro atoms. The molecule has 1 aromatic rings. The van der Waals surface area contributed by atoms with Crippen LogP contribution >= 0.6 is 11.6 Å². The topological polar surface area (TPSA) is 91.3 Å². The van der Waals surface area contributed by atoms with E-state index in [1.807, 2.05) is 0 Å². The summed E-state index contributed by atoms with van der Waals surface area (Å²) in [5.41, 5.74) is 5.12. The maximum atomic E-state index is 10.5. The Bertz CT molecular complexity index is 369. The first-order valence-corrected chi connectivity index (χ1v) is 4.16. The van der Waals surface area contributed by atoms with E-state index < -0.39 is 4.92 Å². The summed E-state index contributed by atoms with van der Waals surface area (Å²) in [6.07, 6.45) is 1.00. The second-order valence-electron chi connectivity index (χ2n) is 2.36. The van der Waals surface area contributed by atoms with Gasteiger partial charge in [-0.1, -0.05) is 11.6 Å². The molecule has 6 nitrogen and oxygen atoms in total. The molecule has 1 aromatic heterocycles. The van der Waals surface area contributed by atoms with E-state index in [-0.39, 0.29) is 22.3 Å². The highest BCUT2D eigenvalue weighted by Crippen LogP contribution is 2.36. The fourth-order valence-corrected chi connectivity index (χ4v) is 1.15. The summed E-state index contributed by atoms with van der Waals surface area (Å²) in [4.78, 5) is 13.4. The van der Waals surface area contributed by atoms with Gasteiger partial charge in [-0.15, -0.1) is 0 Å². The van der Waals surface area contributed by atoms with Crippen LogP contribution in [0.15, 0.2) is 6.20 Å². The van der Waals surface area contributed by atoms with Crippen LogP contribution in [0.1, 0.15) is 6.92 Å². The van der Waals surface area contributed by atoms with E-state index >= 15 is 0 Å². The predicted octanol–water partition coefficient (Wildman–Crippen LogP) is 1.62. The van der Waals surface area contributed by atoms with Crippen LogP contribution < -0.4 is 10.5 Å². The van der Waals surface area contributed by atoms with Crippen molar-refractivity contribution in [1.82, 2.24) is 4.98 Å². The summed E-state index contributed by atoms with van der Waals surface area (Å²) < 4.78 is 5.03. The Morgan fingerprint density at radius 2 is 2.43 bits per heavy atom. The molecule has 0 atom stereocenters. The number of nitrogen functional groups attached to an aromatic ring is 1. The minimum Gasteiger partial charge on any atom is -0.488 e. The molecule has 0 saturated carbocycles. The molecule has 76 valence electrons. The number of anilines is 1. The second-order valence-corrected chi connectivity index (χ2v) is 2.74. The molecule has 0 unspecified atom stereocenters. The van der Waals surface area contributed by atoms with Crippen molar-refractivity contribution < 1.29 is 9.66 Å². The number of nitro groups is 1. The van der Waals surface area contributed by atoms with Crippen molar-refractivity contribution in [2.45, 2.75) is 6.92 Å². The smallest absolute Gasteiger partial charge is 0.309 e. The quantitative estimate of drug-likeness (QED) is 0.614. The van der Waals surface area contributed by atoms with E-state index in [0.717, 1.165) is 6.20 Å². The largest absolute Gasteiger partial charge is 0.488 e. The van der Waals surface area contributed by atoms with E-state index in [9.17, 15) is 10.1 Å². The van der Waals surface area contributed by atoms with Crippen molar-refractivity contribution in [2.75, 3.05) is 12.3 Å². The zero-order chi connectivity index (χ0) is 10.7. The van der Waals surface area contributed by atoms with Gasteiger partial charge in [-0.05, 0) is 6.92 Å². The monoisotopic (exact) mass is 217 g/mol. The summed E-state index contributed by atoms with van der Waals surface area (Å²) >= 11 is 5.70. The number of halogens is 1. The van der Waals surface area contributed by atoms with Gasteiger partial charge in [0.1, 0.15) is 6.20 Å². The highest BCUT2D eigenvalue weighted by Gasteiger charge is 2.20. The highest BCUT2D eigenvalue weighted by atomic mass is 35.5. The van der Waals surface area contributed by atoms with Crippen LogP contribution in [0.3, 0.4) is 0 Å².